The number of methoxy groups -OCH3 is 2. The van der Waals surface area contributed by atoms with Crippen molar-refractivity contribution in [3.8, 4) is 23.0 Å². The van der Waals surface area contributed by atoms with Gasteiger partial charge in [0.2, 0.25) is 5.75 Å². The van der Waals surface area contributed by atoms with Gasteiger partial charge in [-0.1, -0.05) is 0 Å². The minimum absolute atomic E-state index is 0.0388. The second kappa shape index (κ2) is 14.3. The lowest BCUT2D eigenvalue weighted by Crippen LogP contribution is -2.08. The summed E-state index contributed by atoms with van der Waals surface area (Å²) in [7, 11) is -3.07. The van der Waals surface area contributed by atoms with E-state index in [2.05, 4.69) is 0 Å². The van der Waals surface area contributed by atoms with Crippen molar-refractivity contribution in [1.82, 2.24) is 0 Å². The Labute approximate surface area is 211 Å². The Kier molecular flexibility index (Phi) is 12.3. The maximum absolute atomic E-state index is 10.9. The highest BCUT2D eigenvalue weighted by Crippen LogP contribution is 2.30. The van der Waals surface area contributed by atoms with E-state index < -0.39 is 24.6 Å². The van der Waals surface area contributed by atoms with Gasteiger partial charge in [0, 0.05) is 30.7 Å². The first-order valence-corrected chi connectivity index (χ1v) is 14.7. The molecular weight excluding hydrogens is 516 g/mol. The molecule has 0 atom stereocenters. The molecule has 12 nitrogen and oxygen atoms in total. The largest absolute Gasteiger partial charge is 0.494 e. The van der Waals surface area contributed by atoms with Crippen LogP contribution in [0.2, 0.25) is 0 Å². The number of hydrogen-bond donors (Lipinski definition) is 1. The fourth-order valence-corrected chi connectivity index (χ4v) is 3.99. The number of ether oxygens (including phenoxy) is 4. The van der Waals surface area contributed by atoms with E-state index in [0.29, 0.717) is 42.4 Å². The number of rotatable bonds is 13. The van der Waals surface area contributed by atoms with Crippen LogP contribution in [0.25, 0.3) is 0 Å². The predicted molar refractivity (Wildman–Crippen MR) is 137 cm³/mol. The first-order chi connectivity index (χ1) is 16.8. The van der Waals surface area contributed by atoms with Gasteiger partial charge in [0.05, 0.1) is 49.5 Å². The molecule has 2 aromatic rings. The van der Waals surface area contributed by atoms with Gasteiger partial charge in [-0.05, 0) is 31.0 Å². The number of nitrogens with two attached hydrogens (primary N) is 1. The summed E-state index contributed by atoms with van der Waals surface area (Å²) in [5, 5.41) is 10.7. The number of nitrogen functional groups attached to an aromatic ring is 1. The normalized spacial score (nSPS) is 11.1. The van der Waals surface area contributed by atoms with Crippen molar-refractivity contribution in [2.24, 2.45) is 0 Å². The van der Waals surface area contributed by atoms with Gasteiger partial charge in [-0.15, -0.1) is 0 Å². The minimum Gasteiger partial charge on any atom is -0.494 e. The Balaban J connectivity index is 0.000000362. The molecule has 0 saturated heterocycles. The van der Waals surface area contributed by atoms with Crippen LogP contribution in [-0.2, 0) is 19.7 Å². The fourth-order valence-electron chi connectivity index (χ4n) is 2.70. The Hall–Kier alpha value is -3.26. The maximum atomic E-state index is 10.9. The van der Waals surface area contributed by atoms with Crippen LogP contribution in [0.4, 0.5) is 11.4 Å². The molecule has 0 amide bonds. The van der Waals surface area contributed by atoms with Gasteiger partial charge in [-0.2, -0.15) is 0 Å². The van der Waals surface area contributed by atoms with Crippen LogP contribution in [0.5, 0.6) is 23.0 Å². The molecule has 36 heavy (non-hydrogen) atoms. The SMILES string of the molecule is COc1cc(OCCCS(C)(=O)=O)ccc1N.COc1cc(OCCCS(C)(=O)=O)ccc1[N+](=O)[O-]. The molecule has 0 aliphatic heterocycles. The van der Waals surface area contributed by atoms with Crippen molar-refractivity contribution in [2.75, 3.05) is 57.2 Å². The van der Waals surface area contributed by atoms with Crippen LogP contribution < -0.4 is 24.7 Å². The van der Waals surface area contributed by atoms with Gasteiger partial charge < -0.3 is 24.7 Å². The second-order valence-corrected chi connectivity index (χ2v) is 12.2. The number of benzene rings is 2. The van der Waals surface area contributed by atoms with E-state index >= 15 is 0 Å². The average molecular weight is 549 g/mol. The van der Waals surface area contributed by atoms with Crippen LogP contribution in [0.3, 0.4) is 0 Å². The summed E-state index contributed by atoms with van der Waals surface area (Å²) >= 11 is 0. The van der Waals surface area contributed by atoms with E-state index in [1.54, 1.807) is 18.2 Å². The predicted octanol–water partition coefficient (Wildman–Crippen LogP) is 2.51. The highest BCUT2D eigenvalue weighted by atomic mass is 32.2. The zero-order valence-electron chi connectivity index (χ0n) is 20.6. The van der Waals surface area contributed by atoms with Crippen molar-refractivity contribution in [3.63, 3.8) is 0 Å². The quantitative estimate of drug-likeness (QED) is 0.168. The summed E-state index contributed by atoms with van der Waals surface area (Å²) < 4.78 is 64.3. The summed E-state index contributed by atoms with van der Waals surface area (Å²) in [4.78, 5) is 10.1. The smallest absolute Gasteiger partial charge is 0.311 e. The molecule has 2 rings (SSSR count). The van der Waals surface area contributed by atoms with Crippen LogP contribution in [-0.4, -0.2) is 73.2 Å². The van der Waals surface area contributed by atoms with Crippen LogP contribution in [0.1, 0.15) is 12.8 Å². The van der Waals surface area contributed by atoms with Crippen molar-refractivity contribution in [1.29, 1.82) is 0 Å². The molecule has 0 aliphatic rings. The maximum Gasteiger partial charge on any atom is 0.311 e. The summed E-state index contributed by atoms with van der Waals surface area (Å²) in [6.45, 7) is 0.564. The molecule has 0 radical (unpaired) electrons. The lowest BCUT2D eigenvalue weighted by molar-refractivity contribution is -0.385. The van der Waals surface area contributed by atoms with Crippen molar-refractivity contribution in [2.45, 2.75) is 12.8 Å². The third-order valence-electron chi connectivity index (χ3n) is 4.41. The van der Waals surface area contributed by atoms with E-state index in [1.807, 2.05) is 0 Å². The van der Waals surface area contributed by atoms with Gasteiger partial charge in [0.15, 0.2) is 0 Å². The lowest BCUT2D eigenvalue weighted by Gasteiger charge is -2.09. The van der Waals surface area contributed by atoms with Crippen LogP contribution >= 0.6 is 0 Å². The molecule has 0 heterocycles. The highest BCUT2D eigenvalue weighted by molar-refractivity contribution is 7.90. The molecule has 0 unspecified atom stereocenters. The third-order valence-corrected chi connectivity index (χ3v) is 6.47. The second-order valence-electron chi connectivity index (χ2n) is 7.66. The summed E-state index contributed by atoms with van der Waals surface area (Å²) in [6.07, 6.45) is 3.19. The van der Waals surface area contributed by atoms with E-state index in [0.717, 1.165) is 6.26 Å². The van der Waals surface area contributed by atoms with Gasteiger partial charge in [0.1, 0.15) is 36.9 Å². The molecule has 0 bridgehead atoms. The Bertz CT molecular complexity index is 1220. The molecule has 0 saturated carbocycles. The van der Waals surface area contributed by atoms with E-state index in [4.69, 9.17) is 24.7 Å². The number of hydrogen-bond acceptors (Lipinski definition) is 11. The molecule has 2 aromatic carbocycles. The monoisotopic (exact) mass is 548 g/mol. The number of nitro groups is 1. The molecule has 0 spiro atoms. The van der Waals surface area contributed by atoms with Crippen molar-refractivity contribution < 1.29 is 40.7 Å². The van der Waals surface area contributed by atoms with Gasteiger partial charge in [-0.3, -0.25) is 10.1 Å². The molecule has 14 heteroatoms. The Morgan fingerprint density at radius 1 is 0.806 bits per heavy atom. The van der Waals surface area contributed by atoms with Gasteiger partial charge >= 0.3 is 5.69 Å². The highest BCUT2D eigenvalue weighted by Gasteiger charge is 2.15. The molecule has 2 N–H and O–H groups in total. The third kappa shape index (κ3) is 12.4. The van der Waals surface area contributed by atoms with E-state index in [9.17, 15) is 26.9 Å². The average Bonchev–Trinajstić information content (AvgIpc) is 2.79. The van der Waals surface area contributed by atoms with E-state index in [1.165, 1.54) is 38.7 Å². The summed E-state index contributed by atoms with van der Waals surface area (Å²) in [5.41, 5.74) is 6.04. The standard InChI is InChI=1S/C11H15NO6S.C11H17NO4S/c1-17-11-8-9(4-5-10(11)12(13)14)18-6-3-7-19(2,15)16;1-15-11-8-9(4-5-10(11)12)16-6-3-7-17(2,13)14/h4-5,8H,3,6-7H2,1-2H3;4-5,8H,3,6-7,12H2,1-2H3. The van der Waals surface area contributed by atoms with Crippen molar-refractivity contribution >= 4 is 31.0 Å². The molecule has 202 valence electrons. The number of anilines is 1. The first kappa shape index (κ1) is 30.8. The van der Waals surface area contributed by atoms with E-state index in [-0.39, 0.29) is 29.5 Å². The fraction of sp³-hybridized carbons (Fsp3) is 0.455. The number of nitro benzene ring substituents is 1. The Morgan fingerprint density at radius 2 is 1.25 bits per heavy atom. The topological polar surface area (TPSA) is 174 Å². The number of nitrogens with zero attached hydrogens (tertiary/aromatic N) is 1. The first-order valence-electron chi connectivity index (χ1n) is 10.6. The number of sulfone groups is 2. The Morgan fingerprint density at radius 3 is 1.67 bits per heavy atom. The summed E-state index contributed by atoms with van der Waals surface area (Å²) in [6, 6.07) is 9.21. The molecule has 0 aromatic heterocycles. The van der Waals surface area contributed by atoms with Gasteiger partial charge in [0.25, 0.3) is 0 Å². The lowest BCUT2D eigenvalue weighted by atomic mass is 10.3. The molecular formula is C22H32N2O10S2. The molecule has 0 aliphatic carbocycles. The zero-order valence-corrected chi connectivity index (χ0v) is 22.3. The van der Waals surface area contributed by atoms with Gasteiger partial charge in [-0.25, -0.2) is 16.8 Å². The minimum atomic E-state index is -3.00. The van der Waals surface area contributed by atoms with Crippen LogP contribution in [0.15, 0.2) is 36.4 Å². The zero-order chi connectivity index (χ0) is 27.4. The van der Waals surface area contributed by atoms with Crippen molar-refractivity contribution in [3.05, 3.63) is 46.5 Å². The summed E-state index contributed by atoms with van der Waals surface area (Å²) in [5.74, 6) is 1.83. The molecule has 0 fully saturated rings. The van der Waals surface area contributed by atoms with Crippen LogP contribution in [0, 0.1) is 10.1 Å².